The molecule has 0 aliphatic heterocycles. The van der Waals surface area contributed by atoms with E-state index in [2.05, 4.69) is 0 Å². The molecule has 5 aromatic carbocycles. The van der Waals surface area contributed by atoms with E-state index in [4.69, 9.17) is 5.73 Å². The van der Waals surface area contributed by atoms with E-state index in [1.165, 1.54) is 24.3 Å². The Hall–Kier alpha value is -4.76. The average molecular weight is 445 g/mol. The standard InChI is InChI=1S/C24H13NO7.H2O/c25-21(26)13-5-1-9-11-3-7-15(23(29)30)20-16(24(31)32)8-4-12(18(11)20)10-2-6-14(22(27)28)19(13)17(9)10;/h1-8H,(H2,25,26)(H,27,28)(H,29,30)(H,31,32);1H2. The molecule has 0 aliphatic rings. The first-order valence-corrected chi connectivity index (χ1v) is 9.42. The Kier molecular flexibility index (Phi) is 4.65. The minimum Gasteiger partial charge on any atom is -0.478 e. The summed E-state index contributed by atoms with van der Waals surface area (Å²) < 4.78 is 0. The number of rotatable bonds is 4. The molecule has 0 aliphatic carbocycles. The summed E-state index contributed by atoms with van der Waals surface area (Å²) in [6, 6.07) is 11.8. The fraction of sp³-hybridized carbons (Fsp3) is 0. The molecule has 0 saturated heterocycles. The van der Waals surface area contributed by atoms with E-state index in [9.17, 15) is 34.5 Å². The third-order valence-corrected chi connectivity index (χ3v) is 5.86. The Morgan fingerprint density at radius 3 is 1.03 bits per heavy atom. The average Bonchev–Trinajstić information content (AvgIpc) is 2.75. The lowest BCUT2D eigenvalue weighted by Crippen LogP contribution is -2.13. The molecule has 0 saturated carbocycles. The second-order valence-corrected chi connectivity index (χ2v) is 7.42. The van der Waals surface area contributed by atoms with Crippen molar-refractivity contribution in [3.63, 3.8) is 0 Å². The number of hydrogen-bond acceptors (Lipinski definition) is 4. The largest absolute Gasteiger partial charge is 0.478 e. The number of primary amides is 1. The van der Waals surface area contributed by atoms with Crippen LogP contribution in [0.4, 0.5) is 0 Å². The van der Waals surface area contributed by atoms with Crippen LogP contribution in [-0.4, -0.2) is 44.6 Å². The van der Waals surface area contributed by atoms with Crippen LogP contribution in [0.2, 0.25) is 0 Å². The highest BCUT2D eigenvalue weighted by Gasteiger charge is 2.24. The molecule has 0 heterocycles. The zero-order chi connectivity index (χ0) is 22.9. The topological polar surface area (TPSA) is 186 Å². The lowest BCUT2D eigenvalue weighted by Gasteiger charge is -2.18. The van der Waals surface area contributed by atoms with Gasteiger partial charge in [-0.05, 0) is 56.6 Å². The lowest BCUT2D eigenvalue weighted by atomic mass is 9.84. The van der Waals surface area contributed by atoms with Crippen LogP contribution in [0.1, 0.15) is 41.4 Å². The Morgan fingerprint density at radius 2 is 0.758 bits per heavy atom. The first-order valence-electron chi connectivity index (χ1n) is 9.42. The number of nitrogens with two attached hydrogens (primary N) is 1. The Bertz CT molecular complexity index is 1440. The van der Waals surface area contributed by atoms with Crippen molar-refractivity contribution >= 4 is 66.9 Å². The van der Waals surface area contributed by atoms with Gasteiger partial charge < -0.3 is 26.5 Å². The molecule has 5 rings (SSSR count). The van der Waals surface area contributed by atoms with E-state index < -0.39 is 23.8 Å². The predicted octanol–water partition coefficient (Wildman–Crippen LogP) is 3.11. The number of fused-ring (bicyclic) bond motifs is 2. The van der Waals surface area contributed by atoms with Crippen molar-refractivity contribution in [3.05, 3.63) is 70.8 Å². The lowest BCUT2D eigenvalue weighted by molar-refractivity contribution is 0.0685. The van der Waals surface area contributed by atoms with Crippen molar-refractivity contribution in [1.82, 2.24) is 0 Å². The summed E-state index contributed by atoms with van der Waals surface area (Å²) in [6.45, 7) is 0. The zero-order valence-corrected chi connectivity index (χ0v) is 16.7. The molecule has 5 aromatic rings. The van der Waals surface area contributed by atoms with Gasteiger partial charge in [0.05, 0.1) is 16.7 Å². The van der Waals surface area contributed by atoms with Gasteiger partial charge in [0.2, 0.25) is 5.91 Å². The molecule has 9 heteroatoms. The normalized spacial score (nSPS) is 11.2. The van der Waals surface area contributed by atoms with Crippen molar-refractivity contribution < 1.29 is 40.0 Å². The summed E-state index contributed by atoms with van der Waals surface area (Å²) in [5.74, 6) is -4.54. The van der Waals surface area contributed by atoms with E-state index >= 15 is 0 Å². The molecule has 0 fully saturated rings. The Morgan fingerprint density at radius 1 is 0.485 bits per heavy atom. The number of carbonyl (C=O) groups is 4. The van der Waals surface area contributed by atoms with Crippen LogP contribution in [0, 0.1) is 0 Å². The van der Waals surface area contributed by atoms with Gasteiger partial charge in [-0.2, -0.15) is 0 Å². The highest BCUT2D eigenvalue weighted by Crippen LogP contribution is 2.43. The van der Waals surface area contributed by atoms with E-state index in [1.54, 1.807) is 24.3 Å². The van der Waals surface area contributed by atoms with Gasteiger partial charge in [-0.25, -0.2) is 14.4 Å². The summed E-state index contributed by atoms with van der Waals surface area (Å²) in [7, 11) is 0. The summed E-state index contributed by atoms with van der Waals surface area (Å²) >= 11 is 0. The monoisotopic (exact) mass is 445 g/mol. The smallest absolute Gasteiger partial charge is 0.336 e. The first-order chi connectivity index (χ1) is 15.2. The SMILES string of the molecule is NC(=O)c1ccc2c3ccc(C(=O)O)c4c(C(=O)O)ccc(c5ccc(C(=O)O)c1c25)c43.O. The minimum absolute atomic E-state index is 0. The fourth-order valence-corrected chi connectivity index (χ4v) is 4.63. The molecule has 9 nitrogen and oxygen atoms in total. The van der Waals surface area contributed by atoms with Crippen LogP contribution in [0.3, 0.4) is 0 Å². The molecular formula is C24H15NO8. The quantitative estimate of drug-likeness (QED) is 0.241. The van der Waals surface area contributed by atoms with Crippen LogP contribution in [0.25, 0.3) is 43.1 Å². The second-order valence-electron chi connectivity index (χ2n) is 7.42. The van der Waals surface area contributed by atoms with Gasteiger partial charge in [0.25, 0.3) is 0 Å². The maximum absolute atomic E-state index is 12.1. The van der Waals surface area contributed by atoms with Crippen molar-refractivity contribution in [3.8, 4) is 0 Å². The summed E-state index contributed by atoms with van der Waals surface area (Å²) in [5, 5.41) is 32.5. The molecule has 0 spiro atoms. The molecule has 7 N–H and O–H groups in total. The number of amides is 1. The zero-order valence-electron chi connectivity index (χ0n) is 16.7. The molecule has 33 heavy (non-hydrogen) atoms. The van der Waals surface area contributed by atoms with Gasteiger partial charge in [-0.3, -0.25) is 4.79 Å². The Labute approximate surface area is 183 Å². The molecular weight excluding hydrogens is 430 g/mol. The first kappa shape index (κ1) is 21.5. The number of carboxylic acid groups (broad SMARTS) is 3. The summed E-state index contributed by atoms with van der Waals surface area (Å²) in [6.07, 6.45) is 0. The molecule has 0 atom stereocenters. The maximum atomic E-state index is 12.1. The highest BCUT2D eigenvalue weighted by molar-refractivity contribution is 6.38. The summed E-state index contributed by atoms with van der Waals surface area (Å²) in [5.41, 5.74) is 5.17. The number of hydrogen-bond donors (Lipinski definition) is 4. The maximum Gasteiger partial charge on any atom is 0.336 e. The van der Waals surface area contributed by atoms with Gasteiger partial charge in [0, 0.05) is 16.3 Å². The molecule has 0 radical (unpaired) electrons. The van der Waals surface area contributed by atoms with Crippen LogP contribution in [0.5, 0.6) is 0 Å². The summed E-state index contributed by atoms with van der Waals surface area (Å²) in [4.78, 5) is 47.8. The molecule has 1 amide bonds. The van der Waals surface area contributed by atoms with Crippen LogP contribution < -0.4 is 5.73 Å². The van der Waals surface area contributed by atoms with Crippen molar-refractivity contribution in [2.45, 2.75) is 0 Å². The molecule has 0 aromatic heterocycles. The second kappa shape index (κ2) is 7.14. The van der Waals surface area contributed by atoms with Crippen molar-refractivity contribution in [2.24, 2.45) is 5.73 Å². The number of carbonyl (C=O) groups excluding carboxylic acids is 1. The molecule has 0 bridgehead atoms. The van der Waals surface area contributed by atoms with Gasteiger partial charge in [0.15, 0.2) is 0 Å². The van der Waals surface area contributed by atoms with Crippen LogP contribution in [0.15, 0.2) is 48.5 Å². The predicted molar refractivity (Wildman–Crippen MR) is 121 cm³/mol. The Balaban J connectivity index is 0.00000259. The van der Waals surface area contributed by atoms with E-state index in [-0.39, 0.29) is 38.5 Å². The van der Waals surface area contributed by atoms with Gasteiger partial charge in [-0.15, -0.1) is 0 Å². The fourth-order valence-electron chi connectivity index (χ4n) is 4.63. The van der Waals surface area contributed by atoms with Crippen molar-refractivity contribution in [1.29, 1.82) is 0 Å². The van der Waals surface area contributed by atoms with Crippen molar-refractivity contribution in [2.75, 3.05) is 0 Å². The van der Waals surface area contributed by atoms with Crippen LogP contribution in [-0.2, 0) is 0 Å². The van der Waals surface area contributed by atoms with E-state index in [1.807, 2.05) is 0 Å². The number of benzene rings is 5. The number of aromatic carboxylic acids is 3. The van der Waals surface area contributed by atoms with E-state index in [0.717, 1.165) is 0 Å². The number of carboxylic acids is 3. The minimum atomic E-state index is -1.27. The van der Waals surface area contributed by atoms with Crippen LogP contribution >= 0.6 is 0 Å². The third kappa shape index (κ3) is 2.76. The molecule has 0 unspecified atom stereocenters. The van der Waals surface area contributed by atoms with E-state index in [0.29, 0.717) is 32.3 Å². The van der Waals surface area contributed by atoms with Gasteiger partial charge in [-0.1, -0.05) is 24.3 Å². The highest BCUT2D eigenvalue weighted by atomic mass is 16.4. The van der Waals surface area contributed by atoms with Gasteiger partial charge in [0.1, 0.15) is 0 Å². The molecule has 164 valence electrons. The van der Waals surface area contributed by atoms with Gasteiger partial charge >= 0.3 is 17.9 Å². The third-order valence-electron chi connectivity index (χ3n) is 5.86.